The van der Waals surface area contributed by atoms with Gasteiger partial charge in [0.2, 0.25) is 6.79 Å². The summed E-state index contributed by atoms with van der Waals surface area (Å²) in [6, 6.07) is 15.4. The predicted octanol–water partition coefficient (Wildman–Crippen LogP) is 3.24. The molecule has 1 aliphatic rings. The monoisotopic (exact) mass is 334 g/mol. The Morgan fingerprint density at radius 3 is 2.88 bits per heavy atom. The Balaban J connectivity index is 1.46. The highest BCUT2D eigenvalue weighted by Crippen LogP contribution is 2.32. The zero-order valence-electron chi connectivity index (χ0n) is 13.9. The summed E-state index contributed by atoms with van der Waals surface area (Å²) in [6.45, 7) is 2.72. The molecule has 126 valence electrons. The summed E-state index contributed by atoms with van der Waals surface area (Å²) in [5.74, 6) is 1.45. The van der Waals surface area contributed by atoms with E-state index >= 15 is 0 Å². The molecular formula is C20H18N2O3. The number of hydrogen-bond donors (Lipinski definition) is 1. The Hall–Kier alpha value is -3.08. The number of carbonyl (C=O) groups is 1. The number of fused-ring (bicyclic) bond motifs is 2. The lowest BCUT2D eigenvalue weighted by Gasteiger charge is -2.09. The molecule has 0 unspecified atom stereocenters. The third-order valence-electron chi connectivity index (χ3n) is 4.23. The van der Waals surface area contributed by atoms with E-state index in [1.165, 1.54) is 0 Å². The lowest BCUT2D eigenvalue weighted by atomic mass is 10.1. The Kier molecular flexibility index (Phi) is 3.98. The van der Waals surface area contributed by atoms with E-state index in [2.05, 4.69) is 10.3 Å². The lowest BCUT2D eigenvalue weighted by Crippen LogP contribution is -2.26. The van der Waals surface area contributed by atoms with Crippen LogP contribution in [0.4, 0.5) is 0 Å². The summed E-state index contributed by atoms with van der Waals surface area (Å²) in [4.78, 5) is 17.1. The van der Waals surface area contributed by atoms with Crippen LogP contribution in [0.25, 0.3) is 10.9 Å². The number of nitrogens with zero attached hydrogens (tertiary/aromatic N) is 1. The molecule has 4 rings (SSSR count). The zero-order chi connectivity index (χ0) is 17.2. The molecule has 3 aromatic rings. The highest BCUT2D eigenvalue weighted by atomic mass is 16.7. The molecule has 0 saturated heterocycles. The van der Waals surface area contributed by atoms with Gasteiger partial charge in [0.25, 0.3) is 5.91 Å². The molecule has 2 aromatic carbocycles. The number of benzene rings is 2. The van der Waals surface area contributed by atoms with Crippen LogP contribution in [-0.2, 0) is 6.42 Å². The van der Waals surface area contributed by atoms with Crippen molar-refractivity contribution in [1.82, 2.24) is 10.3 Å². The Labute approximate surface area is 145 Å². The lowest BCUT2D eigenvalue weighted by molar-refractivity contribution is 0.0955. The number of hydrogen-bond acceptors (Lipinski definition) is 4. The van der Waals surface area contributed by atoms with E-state index in [9.17, 15) is 4.79 Å². The first kappa shape index (κ1) is 15.4. The molecular weight excluding hydrogens is 316 g/mol. The molecule has 0 fully saturated rings. The van der Waals surface area contributed by atoms with Crippen LogP contribution in [-0.4, -0.2) is 24.2 Å². The van der Waals surface area contributed by atoms with E-state index in [1.807, 2.05) is 55.5 Å². The summed E-state index contributed by atoms with van der Waals surface area (Å²) >= 11 is 0. The van der Waals surface area contributed by atoms with Gasteiger partial charge < -0.3 is 14.8 Å². The predicted molar refractivity (Wildman–Crippen MR) is 95.1 cm³/mol. The fraction of sp³-hybridized carbons (Fsp3) is 0.200. The zero-order valence-corrected chi connectivity index (χ0v) is 13.9. The van der Waals surface area contributed by atoms with Crippen LogP contribution in [0.3, 0.4) is 0 Å². The van der Waals surface area contributed by atoms with Crippen LogP contribution < -0.4 is 14.8 Å². The summed E-state index contributed by atoms with van der Waals surface area (Å²) in [5, 5.41) is 3.86. The highest BCUT2D eigenvalue weighted by Gasteiger charge is 2.14. The van der Waals surface area contributed by atoms with Crippen molar-refractivity contribution >= 4 is 16.8 Å². The van der Waals surface area contributed by atoms with Gasteiger partial charge in [-0.3, -0.25) is 9.78 Å². The normalized spacial score (nSPS) is 12.4. The molecule has 1 aliphatic heterocycles. The number of rotatable bonds is 4. The Bertz CT molecular complexity index is 953. The standard InChI is InChI=1S/C20H18N2O3/c1-13-10-16(15-4-2-3-5-17(15)22-13)20(23)21-9-8-14-6-7-18-19(11-14)25-12-24-18/h2-7,10-11H,8-9,12H2,1H3,(H,21,23). The van der Waals surface area contributed by atoms with E-state index in [4.69, 9.17) is 9.47 Å². The summed E-state index contributed by atoms with van der Waals surface area (Å²) in [7, 11) is 0. The van der Waals surface area contributed by atoms with Gasteiger partial charge in [-0.15, -0.1) is 0 Å². The van der Waals surface area contributed by atoms with Crippen LogP contribution >= 0.6 is 0 Å². The smallest absolute Gasteiger partial charge is 0.252 e. The number of pyridine rings is 1. The SMILES string of the molecule is Cc1cc(C(=O)NCCc2ccc3c(c2)OCO3)c2ccccc2n1. The second-order valence-corrected chi connectivity index (χ2v) is 6.02. The van der Waals surface area contributed by atoms with Crippen molar-refractivity contribution in [2.24, 2.45) is 0 Å². The second-order valence-electron chi connectivity index (χ2n) is 6.02. The van der Waals surface area contributed by atoms with Crippen molar-refractivity contribution in [3.63, 3.8) is 0 Å². The quantitative estimate of drug-likeness (QED) is 0.796. The second kappa shape index (κ2) is 6.43. The van der Waals surface area contributed by atoms with Gasteiger partial charge in [0.1, 0.15) is 0 Å². The van der Waals surface area contributed by atoms with E-state index in [0.717, 1.165) is 40.1 Å². The maximum Gasteiger partial charge on any atom is 0.252 e. The van der Waals surface area contributed by atoms with E-state index in [0.29, 0.717) is 12.1 Å². The number of aryl methyl sites for hydroxylation is 1. The van der Waals surface area contributed by atoms with Gasteiger partial charge in [-0.05, 0) is 43.2 Å². The topological polar surface area (TPSA) is 60.5 Å². The minimum absolute atomic E-state index is 0.0811. The molecule has 25 heavy (non-hydrogen) atoms. The fourth-order valence-corrected chi connectivity index (χ4v) is 3.01. The van der Waals surface area contributed by atoms with Gasteiger partial charge >= 0.3 is 0 Å². The van der Waals surface area contributed by atoms with Crippen molar-refractivity contribution in [3.8, 4) is 11.5 Å². The summed E-state index contributed by atoms with van der Waals surface area (Å²) in [6.07, 6.45) is 0.727. The van der Waals surface area contributed by atoms with E-state index < -0.39 is 0 Å². The van der Waals surface area contributed by atoms with Crippen LogP contribution in [0.2, 0.25) is 0 Å². The molecule has 5 nitrogen and oxygen atoms in total. The van der Waals surface area contributed by atoms with Crippen LogP contribution in [0.15, 0.2) is 48.5 Å². The Morgan fingerprint density at radius 1 is 1.12 bits per heavy atom. The van der Waals surface area contributed by atoms with Crippen molar-refractivity contribution in [2.45, 2.75) is 13.3 Å². The molecule has 5 heteroatoms. The van der Waals surface area contributed by atoms with E-state index in [-0.39, 0.29) is 12.7 Å². The maximum atomic E-state index is 12.6. The van der Waals surface area contributed by atoms with Gasteiger partial charge in [0.15, 0.2) is 11.5 Å². The molecule has 0 bridgehead atoms. The first-order valence-electron chi connectivity index (χ1n) is 8.24. The number of amides is 1. The highest BCUT2D eigenvalue weighted by molar-refractivity contribution is 6.06. The first-order valence-corrected chi connectivity index (χ1v) is 8.24. The molecule has 1 amide bonds. The molecule has 1 aromatic heterocycles. The Morgan fingerprint density at radius 2 is 1.96 bits per heavy atom. The summed E-state index contributed by atoms with van der Waals surface area (Å²) < 4.78 is 10.7. The van der Waals surface area contributed by atoms with Crippen molar-refractivity contribution in [3.05, 3.63) is 65.4 Å². The van der Waals surface area contributed by atoms with Gasteiger partial charge in [0, 0.05) is 17.6 Å². The van der Waals surface area contributed by atoms with Crippen molar-refractivity contribution < 1.29 is 14.3 Å². The summed E-state index contributed by atoms with van der Waals surface area (Å²) in [5.41, 5.74) is 3.43. The molecule has 0 aliphatic carbocycles. The molecule has 0 radical (unpaired) electrons. The minimum Gasteiger partial charge on any atom is -0.454 e. The third-order valence-corrected chi connectivity index (χ3v) is 4.23. The molecule has 0 atom stereocenters. The van der Waals surface area contributed by atoms with Gasteiger partial charge in [-0.1, -0.05) is 24.3 Å². The number of para-hydroxylation sites is 1. The number of ether oxygens (including phenoxy) is 2. The number of carbonyl (C=O) groups excluding carboxylic acids is 1. The average Bonchev–Trinajstić information content (AvgIpc) is 3.08. The van der Waals surface area contributed by atoms with Gasteiger partial charge in [-0.2, -0.15) is 0 Å². The molecule has 0 saturated carbocycles. The maximum absolute atomic E-state index is 12.6. The minimum atomic E-state index is -0.0811. The van der Waals surface area contributed by atoms with Gasteiger partial charge in [-0.25, -0.2) is 0 Å². The molecule has 2 heterocycles. The van der Waals surface area contributed by atoms with Crippen molar-refractivity contribution in [2.75, 3.05) is 13.3 Å². The third kappa shape index (κ3) is 3.13. The van der Waals surface area contributed by atoms with Crippen molar-refractivity contribution in [1.29, 1.82) is 0 Å². The number of nitrogens with one attached hydrogen (secondary N) is 1. The van der Waals surface area contributed by atoms with Crippen LogP contribution in [0.5, 0.6) is 11.5 Å². The van der Waals surface area contributed by atoms with Crippen LogP contribution in [0, 0.1) is 6.92 Å². The average molecular weight is 334 g/mol. The molecule has 0 spiro atoms. The largest absolute Gasteiger partial charge is 0.454 e. The molecule has 1 N–H and O–H groups in total. The number of aromatic nitrogens is 1. The first-order chi connectivity index (χ1) is 12.2. The fourth-order valence-electron chi connectivity index (χ4n) is 3.01. The van der Waals surface area contributed by atoms with E-state index in [1.54, 1.807) is 0 Å². The van der Waals surface area contributed by atoms with Crippen LogP contribution in [0.1, 0.15) is 21.6 Å². The van der Waals surface area contributed by atoms with Gasteiger partial charge in [0.05, 0.1) is 11.1 Å².